The molecular formula is C6H9Cl2O2P. The Kier molecular flexibility index (Phi) is 6.83. The first-order valence-electron chi connectivity index (χ1n) is 2.98. The summed E-state index contributed by atoms with van der Waals surface area (Å²) in [7, 11) is -2.01. The molecule has 0 spiro atoms. The highest BCUT2D eigenvalue weighted by Crippen LogP contribution is 2.25. The van der Waals surface area contributed by atoms with Gasteiger partial charge in [0.2, 0.25) is 8.03 Å². The lowest BCUT2D eigenvalue weighted by Crippen LogP contribution is -1.75. The van der Waals surface area contributed by atoms with Crippen molar-refractivity contribution < 1.29 is 9.09 Å². The van der Waals surface area contributed by atoms with E-state index in [1.54, 1.807) is 6.08 Å². The molecule has 0 aromatic heterocycles. The lowest BCUT2D eigenvalue weighted by Gasteiger charge is -1.97. The second-order valence-corrected chi connectivity index (χ2v) is 4.21. The first kappa shape index (κ1) is 11.1. The van der Waals surface area contributed by atoms with Crippen molar-refractivity contribution in [1.82, 2.24) is 0 Å². The summed E-state index contributed by atoms with van der Waals surface area (Å²) in [6, 6.07) is 0. The van der Waals surface area contributed by atoms with Crippen LogP contribution < -0.4 is 0 Å². The van der Waals surface area contributed by atoms with Gasteiger partial charge < -0.3 is 4.52 Å². The van der Waals surface area contributed by atoms with Crippen LogP contribution in [0.2, 0.25) is 0 Å². The minimum absolute atomic E-state index is 0.0260. The molecule has 2 nitrogen and oxygen atoms in total. The summed E-state index contributed by atoms with van der Waals surface area (Å²) in [4.78, 5) is 0. The third kappa shape index (κ3) is 7.99. The van der Waals surface area contributed by atoms with E-state index in [1.807, 2.05) is 0 Å². The standard InChI is InChI=1S/C6H9Cl2O2P/c1-2-3-4-11(9)10-5-6(7)8/h2,5,11H,1,3-4H2. The van der Waals surface area contributed by atoms with E-state index in [0.717, 1.165) is 6.26 Å². The Bertz CT molecular complexity index is 175. The van der Waals surface area contributed by atoms with Crippen LogP contribution in [0.5, 0.6) is 0 Å². The molecule has 1 atom stereocenters. The van der Waals surface area contributed by atoms with Gasteiger partial charge in [0.05, 0.1) is 0 Å². The quantitative estimate of drug-likeness (QED) is 0.399. The van der Waals surface area contributed by atoms with Crippen LogP contribution in [0.15, 0.2) is 23.4 Å². The van der Waals surface area contributed by atoms with Gasteiger partial charge in [0.25, 0.3) is 0 Å². The van der Waals surface area contributed by atoms with Crippen LogP contribution in [0.25, 0.3) is 0 Å². The van der Waals surface area contributed by atoms with Crippen LogP contribution in [-0.4, -0.2) is 6.16 Å². The largest absolute Gasteiger partial charge is 0.450 e. The van der Waals surface area contributed by atoms with Crippen molar-refractivity contribution in [2.24, 2.45) is 0 Å². The summed E-state index contributed by atoms with van der Waals surface area (Å²) < 4.78 is 15.5. The van der Waals surface area contributed by atoms with Crippen molar-refractivity contribution in [1.29, 1.82) is 0 Å². The number of allylic oxidation sites excluding steroid dienone is 1. The van der Waals surface area contributed by atoms with Gasteiger partial charge in [0.15, 0.2) is 0 Å². The molecule has 0 fully saturated rings. The molecule has 0 saturated heterocycles. The molecule has 11 heavy (non-hydrogen) atoms. The summed E-state index contributed by atoms with van der Waals surface area (Å²) >= 11 is 10.4. The van der Waals surface area contributed by atoms with Gasteiger partial charge >= 0.3 is 0 Å². The smallest absolute Gasteiger partial charge is 0.236 e. The molecule has 0 aromatic carbocycles. The van der Waals surface area contributed by atoms with E-state index in [2.05, 4.69) is 11.1 Å². The highest BCUT2D eigenvalue weighted by molar-refractivity contribution is 7.39. The second kappa shape index (κ2) is 6.78. The molecule has 0 aliphatic heterocycles. The number of halogens is 2. The summed E-state index contributed by atoms with van der Waals surface area (Å²) in [6.45, 7) is 3.48. The average Bonchev–Trinajstić information content (AvgIpc) is 1.97. The first-order chi connectivity index (χ1) is 5.16. The van der Waals surface area contributed by atoms with Crippen LogP contribution in [-0.2, 0) is 9.09 Å². The van der Waals surface area contributed by atoms with Crippen LogP contribution in [0.3, 0.4) is 0 Å². The second-order valence-electron chi connectivity index (χ2n) is 1.72. The summed E-state index contributed by atoms with van der Waals surface area (Å²) in [5.41, 5.74) is 0. The van der Waals surface area contributed by atoms with Gasteiger partial charge in [-0.3, -0.25) is 4.57 Å². The third-order valence-corrected chi connectivity index (χ3v) is 2.09. The van der Waals surface area contributed by atoms with E-state index < -0.39 is 8.03 Å². The van der Waals surface area contributed by atoms with Gasteiger partial charge in [-0.25, -0.2) is 0 Å². The highest BCUT2D eigenvalue weighted by Gasteiger charge is 1.95. The minimum Gasteiger partial charge on any atom is -0.450 e. The molecule has 0 aliphatic carbocycles. The van der Waals surface area contributed by atoms with Crippen molar-refractivity contribution in [3.05, 3.63) is 23.4 Å². The van der Waals surface area contributed by atoms with Gasteiger partial charge in [-0.15, -0.1) is 6.58 Å². The van der Waals surface area contributed by atoms with Gasteiger partial charge in [-0.1, -0.05) is 29.3 Å². The molecule has 0 amide bonds. The fourth-order valence-corrected chi connectivity index (χ4v) is 1.43. The minimum atomic E-state index is -2.01. The predicted molar refractivity (Wildman–Crippen MR) is 49.6 cm³/mol. The molecule has 0 saturated carbocycles. The third-order valence-electron chi connectivity index (χ3n) is 0.832. The van der Waals surface area contributed by atoms with Crippen molar-refractivity contribution in [3.63, 3.8) is 0 Å². The van der Waals surface area contributed by atoms with Crippen LogP contribution in [0, 0.1) is 0 Å². The Hall–Kier alpha value is 0.0900. The van der Waals surface area contributed by atoms with E-state index >= 15 is 0 Å². The molecular weight excluding hydrogens is 206 g/mol. The molecule has 0 rings (SSSR count). The van der Waals surface area contributed by atoms with E-state index in [4.69, 9.17) is 23.2 Å². The summed E-state index contributed by atoms with van der Waals surface area (Å²) in [5, 5.41) is 0. The molecule has 5 heteroatoms. The number of hydrogen-bond donors (Lipinski definition) is 0. The van der Waals surface area contributed by atoms with Gasteiger partial charge in [0, 0.05) is 6.16 Å². The lowest BCUT2D eigenvalue weighted by molar-refractivity contribution is 0.463. The highest BCUT2D eigenvalue weighted by atomic mass is 35.5. The van der Waals surface area contributed by atoms with Crippen molar-refractivity contribution in [2.45, 2.75) is 6.42 Å². The normalized spacial score (nSPS) is 11.8. The first-order valence-corrected chi connectivity index (χ1v) is 5.26. The monoisotopic (exact) mass is 214 g/mol. The predicted octanol–water partition coefficient (Wildman–Crippen LogP) is 3.33. The molecule has 0 aromatic rings. The van der Waals surface area contributed by atoms with Crippen LogP contribution >= 0.6 is 31.2 Å². The Morgan fingerprint density at radius 2 is 2.27 bits per heavy atom. The zero-order valence-electron chi connectivity index (χ0n) is 5.85. The van der Waals surface area contributed by atoms with Gasteiger partial charge in [-0.2, -0.15) is 0 Å². The molecule has 0 N–H and O–H groups in total. The number of hydrogen-bond acceptors (Lipinski definition) is 2. The summed E-state index contributed by atoms with van der Waals surface area (Å²) in [5.74, 6) is 0. The SMILES string of the molecule is C=CCC[PH](=O)OC=C(Cl)Cl. The summed E-state index contributed by atoms with van der Waals surface area (Å²) in [6.07, 6.45) is 3.91. The van der Waals surface area contributed by atoms with E-state index in [0.29, 0.717) is 12.6 Å². The lowest BCUT2D eigenvalue weighted by atomic mass is 10.5. The van der Waals surface area contributed by atoms with E-state index in [-0.39, 0.29) is 4.49 Å². The fourth-order valence-electron chi connectivity index (χ4n) is 0.389. The zero-order chi connectivity index (χ0) is 8.69. The maximum atomic E-state index is 10.9. The molecule has 0 bridgehead atoms. The average molecular weight is 215 g/mol. The fraction of sp³-hybridized carbons (Fsp3) is 0.333. The topological polar surface area (TPSA) is 26.3 Å². The van der Waals surface area contributed by atoms with Crippen molar-refractivity contribution in [3.8, 4) is 0 Å². The Labute approximate surface area is 76.7 Å². The molecule has 0 aliphatic rings. The molecule has 1 unspecified atom stereocenters. The Balaban J connectivity index is 3.53. The van der Waals surface area contributed by atoms with Crippen LogP contribution in [0.4, 0.5) is 0 Å². The Morgan fingerprint density at radius 3 is 2.73 bits per heavy atom. The van der Waals surface area contributed by atoms with E-state index in [1.165, 1.54) is 0 Å². The van der Waals surface area contributed by atoms with Crippen molar-refractivity contribution >= 4 is 31.2 Å². The van der Waals surface area contributed by atoms with Crippen LogP contribution in [0.1, 0.15) is 6.42 Å². The Morgan fingerprint density at radius 1 is 1.64 bits per heavy atom. The van der Waals surface area contributed by atoms with Gasteiger partial charge in [0.1, 0.15) is 10.8 Å². The zero-order valence-corrected chi connectivity index (χ0v) is 8.36. The molecule has 0 radical (unpaired) electrons. The maximum Gasteiger partial charge on any atom is 0.236 e. The number of rotatable bonds is 5. The molecule has 0 heterocycles. The molecule has 64 valence electrons. The van der Waals surface area contributed by atoms with Gasteiger partial charge in [-0.05, 0) is 6.42 Å². The maximum absolute atomic E-state index is 10.9. The van der Waals surface area contributed by atoms with E-state index in [9.17, 15) is 4.57 Å². The van der Waals surface area contributed by atoms with Crippen molar-refractivity contribution in [2.75, 3.05) is 6.16 Å².